The van der Waals surface area contributed by atoms with E-state index in [1.54, 1.807) is 24.4 Å². The van der Waals surface area contributed by atoms with Gasteiger partial charge in [0, 0.05) is 23.6 Å². The molecule has 1 fully saturated rings. The van der Waals surface area contributed by atoms with Crippen molar-refractivity contribution in [2.24, 2.45) is 16.1 Å². The average molecular weight is 367 g/mol. The van der Waals surface area contributed by atoms with E-state index in [1.165, 1.54) is 6.07 Å². The van der Waals surface area contributed by atoms with Crippen LogP contribution in [0, 0.1) is 18.2 Å². The molecule has 0 bridgehead atoms. The summed E-state index contributed by atoms with van der Waals surface area (Å²) >= 11 is 0. The van der Waals surface area contributed by atoms with Crippen LogP contribution in [0.25, 0.3) is 0 Å². The molecule has 27 heavy (non-hydrogen) atoms. The van der Waals surface area contributed by atoms with E-state index in [2.05, 4.69) is 9.98 Å². The summed E-state index contributed by atoms with van der Waals surface area (Å²) in [5, 5.41) is 0. The molecule has 140 valence electrons. The smallest absolute Gasteiger partial charge is 0.282 e. The van der Waals surface area contributed by atoms with E-state index in [-0.39, 0.29) is 29.5 Å². The van der Waals surface area contributed by atoms with E-state index in [0.29, 0.717) is 17.9 Å². The van der Waals surface area contributed by atoms with Crippen LogP contribution in [0.4, 0.5) is 4.39 Å². The van der Waals surface area contributed by atoms with Crippen LogP contribution in [0.2, 0.25) is 0 Å². The maximum Gasteiger partial charge on any atom is 0.282 e. The van der Waals surface area contributed by atoms with E-state index in [9.17, 15) is 9.18 Å². The van der Waals surface area contributed by atoms with Gasteiger partial charge >= 0.3 is 0 Å². The van der Waals surface area contributed by atoms with Crippen molar-refractivity contribution in [1.29, 1.82) is 0 Å². The number of hydrogen-bond acceptors (Lipinski definition) is 5. The molecule has 6 heteroatoms. The Morgan fingerprint density at radius 2 is 2.07 bits per heavy atom. The molecule has 1 aliphatic carbocycles. The van der Waals surface area contributed by atoms with Crippen molar-refractivity contribution in [3.63, 3.8) is 0 Å². The van der Waals surface area contributed by atoms with E-state index in [1.807, 2.05) is 19.9 Å². The molecule has 2 N–H and O–H groups in total. The predicted molar refractivity (Wildman–Crippen MR) is 100 cm³/mol. The number of hydrogen-bond donors (Lipinski definition) is 1. The first kappa shape index (κ1) is 17.6. The van der Waals surface area contributed by atoms with E-state index >= 15 is 0 Å². The van der Waals surface area contributed by atoms with Gasteiger partial charge in [-0.1, -0.05) is 12.1 Å². The monoisotopic (exact) mass is 367 g/mol. The van der Waals surface area contributed by atoms with Gasteiger partial charge in [-0.25, -0.2) is 9.38 Å². The van der Waals surface area contributed by atoms with Gasteiger partial charge in [0.05, 0.1) is 12.1 Å². The number of nitrogens with zero attached hydrogens (tertiary/aromatic N) is 2. The molecule has 0 saturated heterocycles. The molecule has 0 radical (unpaired) electrons. The Kier molecular flexibility index (Phi) is 4.02. The topological polar surface area (TPSA) is 77.6 Å². The van der Waals surface area contributed by atoms with Gasteiger partial charge in [0.2, 0.25) is 0 Å². The second-order valence-electron chi connectivity index (χ2n) is 7.73. The fourth-order valence-corrected chi connectivity index (χ4v) is 3.82. The third-order valence-electron chi connectivity index (χ3n) is 5.83. The van der Waals surface area contributed by atoms with Gasteiger partial charge in [0.1, 0.15) is 11.5 Å². The molecule has 5 nitrogen and oxygen atoms in total. The highest BCUT2D eigenvalue weighted by atomic mass is 19.1. The maximum absolute atomic E-state index is 14.8. The van der Waals surface area contributed by atoms with Crippen LogP contribution in [-0.4, -0.2) is 23.4 Å². The van der Waals surface area contributed by atoms with Gasteiger partial charge in [-0.15, -0.1) is 0 Å². The molecule has 2 heterocycles. The molecule has 4 rings (SSSR count). The average Bonchev–Trinajstić information content (AvgIpc) is 3.42. The van der Waals surface area contributed by atoms with Gasteiger partial charge in [0.25, 0.3) is 6.02 Å². The van der Waals surface area contributed by atoms with Crippen molar-refractivity contribution in [2.45, 2.75) is 38.6 Å². The first-order valence-corrected chi connectivity index (χ1v) is 9.06. The summed E-state index contributed by atoms with van der Waals surface area (Å²) in [7, 11) is 0. The quantitative estimate of drug-likeness (QED) is 0.841. The van der Waals surface area contributed by atoms with Gasteiger partial charge in [-0.3, -0.25) is 9.78 Å². The Bertz CT molecular complexity index is 935. The minimum Gasteiger partial charge on any atom is -0.465 e. The van der Waals surface area contributed by atoms with Crippen molar-refractivity contribution >= 4 is 11.8 Å². The number of benzene rings is 1. The van der Waals surface area contributed by atoms with Crippen molar-refractivity contribution in [3.05, 3.63) is 64.7 Å². The fraction of sp³-hybridized carbons (Fsp3) is 0.381. The van der Waals surface area contributed by atoms with Crippen LogP contribution in [0.15, 0.2) is 41.5 Å². The molecule has 2 aliphatic rings. The molecule has 0 unspecified atom stereocenters. The molecule has 2 aromatic rings. The zero-order valence-corrected chi connectivity index (χ0v) is 15.5. The molecule has 1 spiro atoms. The molecule has 1 aromatic heterocycles. The third-order valence-corrected chi connectivity index (χ3v) is 5.83. The molecular formula is C21H22FN3O2. The van der Waals surface area contributed by atoms with Crippen molar-refractivity contribution in [3.8, 4) is 0 Å². The van der Waals surface area contributed by atoms with Crippen molar-refractivity contribution < 1.29 is 13.9 Å². The van der Waals surface area contributed by atoms with Crippen LogP contribution in [0.3, 0.4) is 0 Å². The summed E-state index contributed by atoms with van der Waals surface area (Å²) in [6.45, 7) is 4.26. The van der Waals surface area contributed by atoms with Crippen LogP contribution in [-0.2, 0) is 16.7 Å². The minimum atomic E-state index is -0.791. The molecule has 1 aliphatic heterocycles. The number of ketones is 1. The van der Waals surface area contributed by atoms with Crippen LogP contribution in [0.1, 0.15) is 46.9 Å². The molecule has 1 saturated carbocycles. The lowest BCUT2D eigenvalue weighted by atomic mass is 9.76. The molecule has 1 aromatic carbocycles. The summed E-state index contributed by atoms with van der Waals surface area (Å²) in [6, 6.07) is 8.44. The fourth-order valence-electron chi connectivity index (χ4n) is 3.82. The van der Waals surface area contributed by atoms with Crippen LogP contribution < -0.4 is 5.73 Å². The second kappa shape index (κ2) is 6.15. The van der Waals surface area contributed by atoms with Gasteiger partial charge in [-0.05, 0) is 56.0 Å². The first-order chi connectivity index (χ1) is 12.8. The predicted octanol–water partition coefficient (Wildman–Crippen LogP) is 3.29. The number of halogens is 1. The Balaban J connectivity index is 1.67. The highest BCUT2D eigenvalue weighted by Gasteiger charge is 2.61. The summed E-state index contributed by atoms with van der Waals surface area (Å²) in [5.41, 5.74) is 7.38. The highest BCUT2D eigenvalue weighted by Crippen LogP contribution is 2.62. The van der Waals surface area contributed by atoms with E-state index in [4.69, 9.17) is 10.5 Å². The number of carbonyl (C=O) groups excluding carboxylic acids is 1. The van der Waals surface area contributed by atoms with E-state index < -0.39 is 5.54 Å². The molecule has 0 amide bonds. The summed E-state index contributed by atoms with van der Waals surface area (Å²) in [5.74, 6) is -0.444. The van der Waals surface area contributed by atoms with Crippen molar-refractivity contribution in [2.75, 3.05) is 6.61 Å². The number of Topliss-reactive ketones (excluding diaryl/α,β-unsaturated/α-hetero) is 1. The Morgan fingerprint density at radius 3 is 2.74 bits per heavy atom. The number of aromatic nitrogens is 1. The number of amidine groups is 1. The summed E-state index contributed by atoms with van der Waals surface area (Å²) in [6.07, 6.45) is 3.65. The number of ether oxygens (including phenoxy) is 1. The minimum absolute atomic E-state index is 0.0831. The van der Waals surface area contributed by atoms with Gasteiger partial charge < -0.3 is 10.5 Å². The lowest BCUT2D eigenvalue weighted by Crippen LogP contribution is -2.43. The second-order valence-corrected chi connectivity index (χ2v) is 7.73. The number of nitrogens with two attached hydrogens (primary N) is 1. The Hall–Kier alpha value is -2.76. The third kappa shape index (κ3) is 2.99. The van der Waals surface area contributed by atoms with Crippen molar-refractivity contribution in [1.82, 2.24) is 4.98 Å². The standard InChI is InChI=1S/C21H22FN3O2/c1-13-3-6-17(24-11-13)18(26)10-14-4-5-16(22)15(9-14)20(2)21(7-8-21)12-27-19(23)25-20/h3-6,9,11H,7-8,10,12H2,1-2H3,(H2,23,25)/t20-/m1/s1. The molecule has 1 atom stereocenters. The van der Waals surface area contributed by atoms with Gasteiger partial charge in [-0.2, -0.15) is 0 Å². The zero-order chi connectivity index (χ0) is 19.2. The van der Waals surface area contributed by atoms with Crippen LogP contribution >= 0.6 is 0 Å². The van der Waals surface area contributed by atoms with E-state index in [0.717, 1.165) is 24.0 Å². The SMILES string of the molecule is Cc1ccc(C(=O)Cc2ccc(F)c([C@@]3(C)N=C(N)OCC34CC4)c2)nc1. The Morgan fingerprint density at radius 1 is 1.30 bits per heavy atom. The number of aliphatic imine (C=N–C) groups is 1. The maximum atomic E-state index is 14.8. The number of aryl methyl sites for hydroxylation is 1. The van der Waals surface area contributed by atoms with Crippen LogP contribution in [0.5, 0.6) is 0 Å². The zero-order valence-electron chi connectivity index (χ0n) is 15.5. The number of carbonyl (C=O) groups is 1. The number of pyridine rings is 1. The summed E-state index contributed by atoms with van der Waals surface area (Å²) in [4.78, 5) is 21.2. The molecular weight excluding hydrogens is 345 g/mol. The Labute approximate surface area is 157 Å². The first-order valence-electron chi connectivity index (χ1n) is 9.06. The summed E-state index contributed by atoms with van der Waals surface area (Å²) < 4.78 is 20.2. The highest BCUT2D eigenvalue weighted by molar-refractivity contribution is 5.95. The normalized spacial score (nSPS) is 22.9. The largest absolute Gasteiger partial charge is 0.465 e. The lowest BCUT2D eigenvalue weighted by molar-refractivity contribution is 0.0987. The lowest BCUT2D eigenvalue weighted by Gasteiger charge is -2.38. The van der Waals surface area contributed by atoms with Gasteiger partial charge in [0.15, 0.2) is 5.78 Å². The number of rotatable bonds is 4.